The summed E-state index contributed by atoms with van der Waals surface area (Å²) in [5.41, 5.74) is 1.27. The lowest BCUT2D eigenvalue weighted by Gasteiger charge is -2.42. The van der Waals surface area contributed by atoms with E-state index in [1.807, 2.05) is 6.92 Å². The average molecular weight is 499 g/mol. The van der Waals surface area contributed by atoms with Crippen molar-refractivity contribution in [3.8, 4) is 5.75 Å². The van der Waals surface area contributed by atoms with Crippen LogP contribution < -0.4 is 20.7 Å². The molecule has 3 atom stereocenters. The number of fused-ring (bicyclic) bond motifs is 2. The molecular weight excluding hydrogens is 467 g/mol. The van der Waals surface area contributed by atoms with Crippen molar-refractivity contribution in [1.82, 2.24) is 15.5 Å². The van der Waals surface area contributed by atoms with Gasteiger partial charge in [-0.1, -0.05) is 18.2 Å². The number of anilines is 1. The summed E-state index contributed by atoms with van der Waals surface area (Å²) >= 11 is 0. The first-order chi connectivity index (χ1) is 17.4. The fraction of sp³-hybridized carbons (Fsp3) is 0.423. The molecule has 3 N–H and O–H groups in total. The minimum atomic E-state index is -0.404. The van der Waals surface area contributed by atoms with Crippen molar-refractivity contribution >= 4 is 23.5 Å². The van der Waals surface area contributed by atoms with Crippen molar-refractivity contribution in [3.05, 3.63) is 59.4 Å². The van der Waals surface area contributed by atoms with E-state index in [2.05, 4.69) is 16.0 Å². The number of hydrogen-bond donors (Lipinski definition) is 3. The van der Waals surface area contributed by atoms with Crippen LogP contribution in [-0.2, 0) is 16.1 Å². The fourth-order valence-electron chi connectivity index (χ4n) is 4.56. The van der Waals surface area contributed by atoms with E-state index in [9.17, 15) is 18.8 Å². The summed E-state index contributed by atoms with van der Waals surface area (Å²) in [6.45, 7) is 2.63. The van der Waals surface area contributed by atoms with Crippen LogP contribution in [0, 0.1) is 5.82 Å². The van der Waals surface area contributed by atoms with Crippen LogP contribution in [0.3, 0.4) is 0 Å². The number of amides is 4. The maximum absolute atomic E-state index is 13.8. The van der Waals surface area contributed by atoms with Crippen molar-refractivity contribution in [2.24, 2.45) is 0 Å². The SMILES string of the molecule is CCNC(=O)Nc1ccc2c(c1)C(=O)N(C)[C@@H]1CC[C@@H](CC(=O)NCc3ccccc3F)O[C@H]1CO2. The molecule has 0 bridgehead atoms. The summed E-state index contributed by atoms with van der Waals surface area (Å²) in [6.07, 6.45) is 0.645. The molecule has 4 rings (SSSR count). The zero-order valence-electron chi connectivity index (χ0n) is 20.4. The van der Waals surface area contributed by atoms with Gasteiger partial charge in [-0.25, -0.2) is 9.18 Å². The average Bonchev–Trinajstić information content (AvgIpc) is 2.86. The van der Waals surface area contributed by atoms with Crippen molar-refractivity contribution in [1.29, 1.82) is 0 Å². The first-order valence-electron chi connectivity index (χ1n) is 12.1. The molecule has 0 spiro atoms. The summed E-state index contributed by atoms with van der Waals surface area (Å²) in [7, 11) is 1.73. The van der Waals surface area contributed by atoms with Gasteiger partial charge in [0.05, 0.1) is 24.1 Å². The Kier molecular flexibility index (Phi) is 8.04. The van der Waals surface area contributed by atoms with Gasteiger partial charge in [0.25, 0.3) is 5.91 Å². The van der Waals surface area contributed by atoms with Crippen LogP contribution in [0.2, 0.25) is 0 Å². The molecule has 2 aliphatic rings. The van der Waals surface area contributed by atoms with Crippen LogP contribution in [0.1, 0.15) is 42.1 Å². The second-order valence-electron chi connectivity index (χ2n) is 8.94. The van der Waals surface area contributed by atoms with Crippen LogP contribution >= 0.6 is 0 Å². The normalized spacial score (nSPS) is 21.2. The van der Waals surface area contributed by atoms with E-state index in [4.69, 9.17) is 9.47 Å². The number of hydrogen-bond acceptors (Lipinski definition) is 5. The number of nitrogens with one attached hydrogen (secondary N) is 3. The van der Waals surface area contributed by atoms with Crippen LogP contribution in [0.25, 0.3) is 0 Å². The minimum absolute atomic E-state index is 0.109. The van der Waals surface area contributed by atoms with Crippen molar-refractivity contribution in [2.45, 2.75) is 51.0 Å². The molecule has 0 aromatic heterocycles. The zero-order valence-corrected chi connectivity index (χ0v) is 20.4. The third kappa shape index (κ3) is 5.93. The van der Waals surface area contributed by atoms with Crippen LogP contribution in [0.4, 0.5) is 14.9 Å². The van der Waals surface area contributed by atoms with Gasteiger partial charge in [0, 0.05) is 31.4 Å². The number of nitrogens with zero attached hydrogens (tertiary/aromatic N) is 1. The summed E-state index contributed by atoms with van der Waals surface area (Å²) < 4.78 is 25.9. The third-order valence-electron chi connectivity index (χ3n) is 6.45. The number of ether oxygens (including phenoxy) is 2. The van der Waals surface area contributed by atoms with Crippen molar-refractivity contribution < 1.29 is 28.2 Å². The molecule has 2 heterocycles. The number of benzene rings is 2. The Morgan fingerprint density at radius 3 is 2.72 bits per heavy atom. The van der Waals surface area contributed by atoms with Gasteiger partial charge in [-0.05, 0) is 44.0 Å². The molecule has 36 heavy (non-hydrogen) atoms. The smallest absolute Gasteiger partial charge is 0.319 e. The van der Waals surface area contributed by atoms with Crippen molar-refractivity contribution in [2.75, 3.05) is 25.5 Å². The molecule has 0 unspecified atom stereocenters. The van der Waals surface area contributed by atoms with E-state index in [-0.39, 0.29) is 55.4 Å². The highest BCUT2D eigenvalue weighted by Crippen LogP contribution is 2.32. The van der Waals surface area contributed by atoms with Gasteiger partial charge in [0.1, 0.15) is 24.3 Å². The number of likely N-dealkylation sites (N-methyl/N-ethyl adjacent to an activating group) is 1. The maximum Gasteiger partial charge on any atom is 0.319 e. The molecule has 0 aliphatic carbocycles. The Morgan fingerprint density at radius 1 is 1.14 bits per heavy atom. The second kappa shape index (κ2) is 11.4. The van der Waals surface area contributed by atoms with Gasteiger partial charge in [0.2, 0.25) is 5.91 Å². The van der Waals surface area contributed by atoms with Gasteiger partial charge < -0.3 is 30.3 Å². The number of rotatable bonds is 6. The monoisotopic (exact) mass is 498 g/mol. The molecule has 0 saturated carbocycles. The second-order valence-corrected chi connectivity index (χ2v) is 8.94. The van der Waals surface area contributed by atoms with Gasteiger partial charge in [-0.15, -0.1) is 0 Å². The third-order valence-corrected chi connectivity index (χ3v) is 6.45. The summed E-state index contributed by atoms with van der Waals surface area (Å²) in [6, 6.07) is 10.7. The molecular formula is C26H31FN4O5. The lowest BCUT2D eigenvalue weighted by atomic mass is 9.94. The van der Waals surface area contributed by atoms with E-state index in [1.165, 1.54) is 6.07 Å². The minimum Gasteiger partial charge on any atom is -0.490 e. The Balaban J connectivity index is 1.38. The van der Waals surface area contributed by atoms with Crippen LogP contribution in [0.15, 0.2) is 42.5 Å². The largest absolute Gasteiger partial charge is 0.490 e. The molecule has 2 aromatic carbocycles. The molecule has 10 heteroatoms. The Hall–Kier alpha value is -3.66. The fourth-order valence-corrected chi connectivity index (χ4v) is 4.56. The van der Waals surface area contributed by atoms with E-state index in [0.717, 1.165) is 0 Å². The van der Waals surface area contributed by atoms with Gasteiger partial charge in [-0.3, -0.25) is 9.59 Å². The van der Waals surface area contributed by atoms with Gasteiger partial charge >= 0.3 is 6.03 Å². The molecule has 1 fully saturated rings. The Morgan fingerprint density at radius 2 is 1.94 bits per heavy atom. The molecule has 192 valence electrons. The van der Waals surface area contributed by atoms with Gasteiger partial charge in [-0.2, -0.15) is 0 Å². The first kappa shape index (κ1) is 25.4. The Labute approximate surface area is 209 Å². The summed E-state index contributed by atoms with van der Waals surface area (Å²) in [5.74, 6) is -0.416. The van der Waals surface area contributed by atoms with Crippen LogP contribution in [-0.4, -0.2) is 61.2 Å². The topological polar surface area (TPSA) is 109 Å². The summed E-state index contributed by atoms with van der Waals surface area (Å²) in [5, 5.41) is 8.11. The van der Waals surface area contributed by atoms with Crippen LogP contribution in [0.5, 0.6) is 5.75 Å². The highest BCUT2D eigenvalue weighted by atomic mass is 19.1. The predicted octanol–water partition coefficient (Wildman–Crippen LogP) is 3.05. The standard InChI is InChI=1S/C26H31FN4O5/c1-3-28-26(34)30-17-8-11-22-19(12-17)25(33)31(2)21-10-9-18(36-23(21)15-35-22)13-24(32)29-14-16-6-4-5-7-20(16)27/h4-8,11-12,18,21,23H,3,9-10,13-15H2,1-2H3,(H,29,32)(H2,28,30,34)/t18-,21+,23-/m0/s1. The number of carbonyl (C=O) groups is 3. The highest BCUT2D eigenvalue weighted by molar-refractivity contribution is 5.99. The highest BCUT2D eigenvalue weighted by Gasteiger charge is 2.39. The zero-order chi connectivity index (χ0) is 25.7. The number of carbonyl (C=O) groups excluding carboxylic acids is 3. The summed E-state index contributed by atoms with van der Waals surface area (Å²) in [4.78, 5) is 39.3. The van der Waals surface area contributed by atoms with E-state index in [1.54, 1.807) is 48.3 Å². The molecule has 2 aromatic rings. The van der Waals surface area contributed by atoms with E-state index >= 15 is 0 Å². The number of urea groups is 1. The quantitative estimate of drug-likeness (QED) is 0.567. The van der Waals surface area contributed by atoms with Crippen molar-refractivity contribution in [3.63, 3.8) is 0 Å². The van der Waals surface area contributed by atoms with E-state index in [0.29, 0.717) is 42.0 Å². The molecule has 9 nitrogen and oxygen atoms in total. The number of halogens is 1. The maximum atomic E-state index is 13.8. The Bertz CT molecular complexity index is 1130. The predicted molar refractivity (Wildman–Crippen MR) is 131 cm³/mol. The van der Waals surface area contributed by atoms with E-state index < -0.39 is 6.10 Å². The molecule has 0 radical (unpaired) electrons. The van der Waals surface area contributed by atoms with Gasteiger partial charge in [0.15, 0.2) is 0 Å². The lowest BCUT2D eigenvalue weighted by molar-refractivity contribution is -0.134. The first-order valence-corrected chi connectivity index (χ1v) is 12.1. The molecule has 2 aliphatic heterocycles. The molecule has 1 saturated heterocycles. The lowest BCUT2D eigenvalue weighted by Crippen LogP contribution is -2.53. The molecule has 4 amide bonds.